The zero-order valence-corrected chi connectivity index (χ0v) is 14.9. The van der Waals surface area contributed by atoms with Crippen LogP contribution in [0.1, 0.15) is 46.8 Å². The van der Waals surface area contributed by atoms with Crippen molar-refractivity contribution in [2.75, 3.05) is 6.54 Å². The topological polar surface area (TPSA) is 41.1 Å². The Hall–Kier alpha value is -1.91. The summed E-state index contributed by atoms with van der Waals surface area (Å²) < 4.78 is 14.2. The lowest BCUT2D eigenvalue weighted by atomic mass is 9.92. The van der Waals surface area contributed by atoms with E-state index in [-0.39, 0.29) is 22.7 Å². The molecule has 2 aromatic carbocycles. The van der Waals surface area contributed by atoms with Gasteiger partial charge in [-0.25, -0.2) is 4.39 Å². The van der Waals surface area contributed by atoms with Crippen LogP contribution in [-0.2, 0) is 0 Å². The predicted octanol–water partition coefficient (Wildman–Crippen LogP) is 4.40. The van der Waals surface area contributed by atoms with E-state index in [0.29, 0.717) is 5.56 Å². The van der Waals surface area contributed by atoms with Gasteiger partial charge in [-0.2, -0.15) is 0 Å². The van der Waals surface area contributed by atoms with Crippen molar-refractivity contribution >= 4 is 17.5 Å². The van der Waals surface area contributed by atoms with E-state index in [4.69, 9.17) is 11.6 Å². The fraction of sp³-hybridized carbons (Fsp3) is 0.350. The largest absolute Gasteiger partial charge is 0.344 e. The molecule has 1 saturated heterocycles. The summed E-state index contributed by atoms with van der Waals surface area (Å²) in [5.74, 6) is -1.08. The Morgan fingerprint density at radius 2 is 2.00 bits per heavy atom. The van der Waals surface area contributed by atoms with Gasteiger partial charge in [0.2, 0.25) is 0 Å². The van der Waals surface area contributed by atoms with Gasteiger partial charge in [-0.3, -0.25) is 4.79 Å². The first-order valence-corrected chi connectivity index (χ1v) is 8.99. The maximum absolute atomic E-state index is 14.2. The molecule has 1 fully saturated rings. The molecule has 0 bridgehead atoms. The molecule has 0 saturated carbocycles. The van der Waals surface area contributed by atoms with Crippen molar-refractivity contribution in [1.82, 2.24) is 10.6 Å². The highest BCUT2D eigenvalue weighted by atomic mass is 35.5. The number of carbonyl (C=O) groups is 1. The highest BCUT2D eigenvalue weighted by Gasteiger charge is 2.28. The number of hydrogen-bond donors (Lipinski definition) is 2. The van der Waals surface area contributed by atoms with Gasteiger partial charge in [0.05, 0.1) is 16.6 Å². The molecule has 1 heterocycles. The van der Waals surface area contributed by atoms with Gasteiger partial charge >= 0.3 is 0 Å². The lowest BCUT2D eigenvalue weighted by Gasteiger charge is -2.32. The minimum Gasteiger partial charge on any atom is -0.344 e. The van der Waals surface area contributed by atoms with Crippen LogP contribution in [0.5, 0.6) is 0 Å². The number of piperidine rings is 1. The molecule has 2 N–H and O–H groups in total. The molecule has 2 atom stereocenters. The van der Waals surface area contributed by atoms with Gasteiger partial charge in [0.1, 0.15) is 5.82 Å². The van der Waals surface area contributed by atoms with Gasteiger partial charge in [0.25, 0.3) is 5.91 Å². The number of rotatable bonds is 4. The molecular weight excluding hydrogens is 339 g/mol. The quantitative estimate of drug-likeness (QED) is 0.848. The molecule has 1 aliphatic rings. The van der Waals surface area contributed by atoms with E-state index in [1.165, 1.54) is 6.07 Å². The predicted molar refractivity (Wildman–Crippen MR) is 98.4 cm³/mol. The molecule has 2 aromatic rings. The van der Waals surface area contributed by atoms with Crippen molar-refractivity contribution in [3.05, 3.63) is 70.0 Å². The van der Waals surface area contributed by atoms with Crippen LogP contribution in [0.15, 0.2) is 42.5 Å². The minimum atomic E-state index is -0.600. The van der Waals surface area contributed by atoms with Gasteiger partial charge in [-0.05, 0) is 43.5 Å². The number of amides is 1. The second-order valence-electron chi connectivity index (χ2n) is 6.47. The summed E-state index contributed by atoms with van der Waals surface area (Å²) in [6.07, 6.45) is 3.20. The monoisotopic (exact) mass is 360 g/mol. The third-order valence-electron chi connectivity index (χ3n) is 4.71. The first kappa shape index (κ1) is 17.9. The SMILES string of the molecule is Cc1ccc(F)c(C(=O)N[C@@H](c2ccccc2)[C@@H]2CCCCN2)c1Cl. The van der Waals surface area contributed by atoms with Gasteiger partial charge in [0, 0.05) is 6.04 Å². The van der Waals surface area contributed by atoms with Crippen molar-refractivity contribution in [3.63, 3.8) is 0 Å². The number of hydrogen-bond acceptors (Lipinski definition) is 2. The molecule has 0 radical (unpaired) electrons. The molecule has 5 heteroatoms. The second kappa shape index (κ2) is 7.98. The average Bonchev–Trinajstić information content (AvgIpc) is 2.64. The zero-order chi connectivity index (χ0) is 17.8. The number of benzene rings is 2. The number of carbonyl (C=O) groups excluding carboxylic acids is 1. The van der Waals surface area contributed by atoms with Crippen LogP contribution < -0.4 is 10.6 Å². The first-order valence-electron chi connectivity index (χ1n) is 8.61. The Bertz CT molecular complexity index is 745. The Kier molecular flexibility index (Phi) is 5.71. The third-order valence-corrected chi connectivity index (χ3v) is 5.19. The van der Waals surface area contributed by atoms with E-state index in [1.807, 2.05) is 30.3 Å². The number of aryl methyl sites for hydroxylation is 1. The number of nitrogens with one attached hydrogen (secondary N) is 2. The highest BCUT2D eigenvalue weighted by molar-refractivity contribution is 6.34. The standard InChI is InChI=1S/C20H22ClFN2O/c1-13-10-11-15(22)17(18(13)21)20(25)24-19(14-7-3-2-4-8-14)16-9-5-6-12-23-16/h2-4,7-8,10-11,16,19,23H,5-6,9,12H2,1H3,(H,24,25)/t16-,19-/m0/s1. The zero-order valence-electron chi connectivity index (χ0n) is 14.2. The van der Waals surface area contributed by atoms with Crippen LogP contribution in [0.25, 0.3) is 0 Å². The van der Waals surface area contributed by atoms with Crippen LogP contribution in [0.3, 0.4) is 0 Å². The van der Waals surface area contributed by atoms with Crippen LogP contribution in [0, 0.1) is 12.7 Å². The molecule has 0 unspecified atom stereocenters. The lowest BCUT2D eigenvalue weighted by molar-refractivity contribution is 0.0918. The molecule has 0 aromatic heterocycles. The van der Waals surface area contributed by atoms with E-state index in [9.17, 15) is 9.18 Å². The van der Waals surface area contributed by atoms with E-state index >= 15 is 0 Å². The van der Waals surface area contributed by atoms with Gasteiger partial charge in [0.15, 0.2) is 0 Å². The van der Waals surface area contributed by atoms with Crippen LogP contribution in [0.4, 0.5) is 4.39 Å². The van der Waals surface area contributed by atoms with Crippen molar-refractivity contribution in [2.24, 2.45) is 0 Å². The van der Waals surface area contributed by atoms with Gasteiger partial charge in [-0.1, -0.05) is 54.4 Å². The summed E-state index contributed by atoms with van der Waals surface area (Å²) in [7, 11) is 0. The van der Waals surface area contributed by atoms with Crippen LogP contribution in [0.2, 0.25) is 5.02 Å². The van der Waals surface area contributed by atoms with Crippen LogP contribution in [-0.4, -0.2) is 18.5 Å². The lowest BCUT2D eigenvalue weighted by Crippen LogP contribution is -2.46. The second-order valence-corrected chi connectivity index (χ2v) is 6.85. The summed E-state index contributed by atoms with van der Waals surface area (Å²) in [6.45, 7) is 2.68. The van der Waals surface area contributed by atoms with E-state index < -0.39 is 11.7 Å². The molecule has 3 nitrogen and oxygen atoms in total. The molecular formula is C20H22ClFN2O. The molecule has 1 amide bonds. The molecule has 3 rings (SSSR count). The Morgan fingerprint density at radius 1 is 1.24 bits per heavy atom. The average molecular weight is 361 g/mol. The van der Waals surface area contributed by atoms with Gasteiger partial charge in [-0.15, -0.1) is 0 Å². The molecule has 132 valence electrons. The highest BCUT2D eigenvalue weighted by Crippen LogP contribution is 2.27. The maximum atomic E-state index is 14.2. The maximum Gasteiger partial charge on any atom is 0.256 e. The van der Waals surface area contributed by atoms with Crippen molar-refractivity contribution < 1.29 is 9.18 Å². The van der Waals surface area contributed by atoms with Gasteiger partial charge < -0.3 is 10.6 Å². The van der Waals surface area contributed by atoms with Crippen molar-refractivity contribution in [3.8, 4) is 0 Å². The summed E-state index contributed by atoms with van der Waals surface area (Å²) in [6, 6.07) is 12.5. The molecule has 25 heavy (non-hydrogen) atoms. The van der Waals surface area contributed by atoms with Crippen molar-refractivity contribution in [1.29, 1.82) is 0 Å². The minimum absolute atomic E-state index is 0.0848. The molecule has 0 aliphatic carbocycles. The van der Waals surface area contributed by atoms with E-state index in [0.717, 1.165) is 31.4 Å². The summed E-state index contributed by atoms with van der Waals surface area (Å²) in [4.78, 5) is 12.8. The molecule has 0 spiro atoms. The summed E-state index contributed by atoms with van der Waals surface area (Å²) in [5.41, 5.74) is 1.60. The number of halogens is 2. The normalized spacial score (nSPS) is 18.6. The summed E-state index contributed by atoms with van der Waals surface area (Å²) >= 11 is 6.19. The fourth-order valence-electron chi connectivity index (χ4n) is 3.32. The fourth-order valence-corrected chi connectivity index (χ4v) is 3.56. The third kappa shape index (κ3) is 4.02. The Balaban J connectivity index is 1.90. The van der Waals surface area contributed by atoms with Crippen LogP contribution >= 0.6 is 11.6 Å². The Labute approximate surface area is 152 Å². The van der Waals surface area contributed by atoms with E-state index in [1.54, 1.807) is 13.0 Å². The smallest absolute Gasteiger partial charge is 0.256 e. The van der Waals surface area contributed by atoms with Crippen molar-refractivity contribution in [2.45, 2.75) is 38.3 Å². The Morgan fingerprint density at radius 3 is 2.68 bits per heavy atom. The van der Waals surface area contributed by atoms with E-state index in [2.05, 4.69) is 10.6 Å². The summed E-state index contributed by atoms with van der Waals surface area (Å²) in [5, 5.41) is 6.64. The molecule has 1 aliphatic heterocycles. The first-order chi connectivity index (χ1) is 12.1.